The largest absolute Gasteiger partial charge is 0.312 e. The van der Waals surface area contributed by atoms with Crippen LogP contribution < -0.4 is 5.32 Å². The van der Waals surface area contributed by atoms with Gasteiger partial charge >= 0.3 is 0 Å². The Balaban J connectivity index is 1.89. The minimum Gasteiger partial charge on any atom is -0.312 e. The summed E-state index contributed by atoms with van der Waals surface area (Å²) in [6.07, 6.45) is 3.00. The molecule has 1 aromatic heterocycles. The standard InChI is InChI=1S/C18H17ClN2OS/c1-10-3-6-13-14(9-20)18(23-16(13)7-10)21-17(22)12-5-4-11(2)15(19)8-12/h4-5,8,10H,3,6-7H2,1-2H3,(H,21,22). The molecule has 0 saturated heterocycles. The molecule has 3 nitrogen and oxygen atoms in total. The molecule has 1 N–H and O–H groups in total. The molecule has 1 amide bonds. The summed E-state index contributed by atoms with van der Waals surface area (Å²) >= 11 is 7.62. The number of nitrogens with one attached hydrogen (secondary N) is 1. The van der Waals surface area contributed by atoms with Gasteiger partial charge in [0.2, 0.25) is 0 Å². The van der Waals surface area contributed by atoms with Gasteiger partial charge in [0.05, 0.1) is 5.56 Å². The summed E-state index contributed by atoms with van der Waals surface area (Å²) in [7, 11) is 0. The Bertz CT molecular complexity index is 819. The lowest BCUT2D eigenvalue weighted by molar-refractivity contribution is 0.102. The number of carbonyl (C=O) groups is 1. The van der Waals surface area contributed by atoms with Crippen molar-refractivity contribution < 1.29 is 4.79 Å². The van der Waals surface area contributed by atoms with Crippen molar-refractivity contribution in [2.75, 3.05) is 5.32 Å². The van der Waals surface area contributed by atoms with Gasteiger partial charge in [-0.15, -0.1) is 11.3 Å². The van der Waals surface area contributed by atoms with Gasteiger partial charge in [0.1, 0.15) is 11.1 Å². The molecule has 1 aliphatic rings. The number of rotatable bonds is 2. The minimum atomic E-state index is -0.227. The Morgan fingerprint density at radius 3 is 2.96 bits per heavy atom. The van der Waals surface area contributed by atoms with Crippen molar-refractivity contribution in [3.05, 3.63) is 50.4 Å². The first kappa shape index (κ1) is 16.0. The van der Waals surface area contributed by atoms with E-state index >= 15 is 0 Å². The van der Waals surface area contributed by atoms with Crippen LogP contribution in [-0.4, -0.2) is 5.91 Å². The molecule has 5 heteroatoms. The molecule has 0 radical (unpaired) electrons. The second kappa shape index (κ2) is 6.35. The highest BCUT2D eigenvalue weighted by atomic mass is 35.5. The van der Waals surface area contributed by atoms with E-state index in [4.69, 9.17) is 11.6 Å². The van der Waals surface area contributed by atoms with E-state index in [1.165, 1.54) is 16.2 Å². The maximum absolute atomic E-state index is 12.5. The number of nitrogens with zero attached hydrogens (tertiary/aromatic N) is 1. The van der Waals surface area contributed by atoms with Gasteiger partial charge in [-0.05, 0) is 55.4 Å². The Morgan fingerprint density at radius 2 is 2.26 bits per heavy atom. The van der Waals surface area contributed by atoms with Crippen molar-refractivity contribution >= 4 is 33.8 Å². The van der Waals surface area contributed by atoms with E-state index in [0.717, 1.165) is 30.4 Å². The minimum absolute atomic E-state index is 0.227. The summed E-state index contributed by atoms with van der Waals surface area (Å²) in [6, 6.07) is 7.50. The number of carbonyl (C=O) groups excluding carboxylic acids is 1. The lowest BCUT2D eigenvalue weighted by Gasteiger charge is -2.17. The van der Waals surface area contributed by atoms with Crippen LogP contribution >= 0.6 is 22.9 Å². The van der Waals surface area contributed by atoms with Crippen molar-refractivity contribution in [3.8, 4) is 6.07 Å². The molecule has 1 aromatic carbocycles. The van der Waals surface area contributed by atoms with Crippen molar-refractivity contribution in [2.45, 2.75) is 33.1 Å². The molecule has 1 aliphatic carbocycles. The maximum Gasteiger partial charge on any atom is 0.256 e. The van der Waals surface area contributed by atoms with Gasteiger partial charge in [-0.25, -0.2) is 0 Å². The van der Waals surface area contributed by atoms with Gasteiger partial charge < -0.3 is 5.32 Å². The summed E-state index contributed by atoms with van der Waals surface area (Å²) in [6.45, 7) is 4.12. The average molecular weight is 345 g/mol. The summed E-state index contributed by atoms with van der Waals surface area (Å²) < 4.78 is 0. The van der Waals surface area contributed by atoms with E-state index in [0.29, 0.717) is 27.1 Å². The van der Waals surface area contributed by atoms with Gasteiger partial charge in [0.25, 0.3) is 5.91 Å². The van der Waals surface area contributed by atoms with Crippen LogP contribution in [0.25, 0.3) is 0 Å². The lowest BCUT2D eigenvalue weighted by Crippen LogP contribution is -2.12. The van der Waals surface area contributed by atoms with Crippen LogP contribution in [0.3, 0.4) is 0 Å². The number of benzene rings is 1. The lowest BCUT2D eigenvalue weighted by atomic mass is 9.88. The van der Waals surface area contributed by atoms with Gasteiger partial charge in [0.15, 0.2) is 0 Å². The van der Waals surface area contributed by atoms with E-state index < -0.39 is 0 Å². The third kappa shape index (κ3) is 3.12. The monoisotopic (exact) mass is 344 g/mol. The van der Waals surface area contributed by atoms with Crippen LogP contribution in [0, 0.1) is 24.2 Å². The Morgan fingerprint density at radius 1 is 1.48 bits per heavy atom. The SMILES string of the molecule is Cc1ccc(C(=O)Nc2sc3c(c2C#N)CCC(C)C3)cc1Cl. The molecule has 1 unspecified atom stereocenters. The molecule has 118 valence electrons. The van der Waals surface area contributed by atoms with E-state index in [-0.39, 0.29) is 5.91 Å². The Labute approximate surface area is 144 Å². The van der Waals surface area contributed by atoms with Crippen LogP contribution in [0.5, 0.6) is 0 Å². The highest BCUT2D eigenvalue weighted by molar-refractivity contribution is 7.16. The molecule has 3 rings (SSSR count). The molecule has 23 heavy (non-hydrogen) atoms. The molecule has 0 fully saturated rings. The van der Waals surface area contributed by atoms with Gasteiger partial charge in [0, 0.05) is 15.5 Å². The summed E-state index contributed by atoms with van der Waals surface area (Å²) in [4.78, 5) is 13.7. The predicted molar refractivity (Wildman–Crippen MR) is 94.4 cm³/mol. The number of hydrogen-bond acceptors (Lipinski definition) is 3. The number of halogens is 1. The summed E-state index contributed by atoms with van der Waals surface area (Å²) in [5.74, 6) is 0.405. The molecular weight excluding hydrogens is 328 g/mol. The Kier molecular flexibility index (Phi) is 4.43. The van der Waals surface area contributed by atoms with Crippen LogP contribution in [0.1, 0.15) is 45.3 Å². The topological polar surface area (TPSA) is 52.9 Å². The van der Waals surface area contributed by atoms with E-state index in [9.17, 15) is 10.1 Å². The third-order valence-electron chi connectivity index (χ3n) is 4.28. The molecule has 1 heterocycles. The zero-order valence-corrected chi connectivity index (χ0v) is 14.6. The highest BCUT2D eigenvalue weighted by Crippen LogP contribution is 2.39. The van der Waals surface area contributed by atoms with Crippen LogP contribution in [0.4, 0.5) is 5.00 Å². The molecule has 0 aliphatic heterocycles. The fourth-order valence-corrected chi connectivity index (χ4v) is 4.40. The van der Waals surface area contributed by atoms with Crippen LogP contribution in [0.15, 0.2) is 18.2 Å². The second-order valence-corrected chi connectivity index (χ2v) is 7.60. The molecule has 0 spiro atoms. The zero-order valence-electron chi connectivity index (χ0n) is 13.1. The van der Waals surface area contributed by atoms with Gasteiger partial charge in [-0.1, -0.05) is 24.6 Å². The normalized spacial score (nSPS) is 16.5. The van der Waals surface area contributed by atoms with Crippen molar-refractivity contribution in [1.82, 2.24) is 0 Å². The third-order valence-corrected chi connectivity index (χ3v) is 5.86. The van der Waals surface area contributed by atoms with Gasteiger partial charge in [-0.3, -0.25) is 4.79 Å². The molecule has 2 aromatic rings. The smallest absolute Gasteiger partial charge is 0.256 e. The number of fused-ring (bicyclic) bond motifs is 1. The first-order valence-electron chi connectivity index (χ1n) is 7.61. The molecular formula is C18H17ClN2OS. The maximum atomic E-state index is 12.5. The first-order valence-corrected chi connectivity index (χ1v) is 8.81. The quantitative estimate of drug-likeness (QED) is 0.837. The van der Waals surface area contributed by atoms with Crippen LogP contribution in [-0.2, 0) is 12.8 Å². The van der Waals surface area contributed by atoms with Crippen molar-refractivity contribution in [3.63, 3.8) is 0 Å². The number of nitriles is 1. The average Bonchev–Trinajstić information content (AvgIpc) is 2.85. The molecule has 0 bridgehead atoms. The summed E-state index contributed by atoms with van der Waals surface area (Å²) in [5, 5.41) is 13.6. The Hall–Kier alpha value is -1.83. The van der Waals surface area contributed by atoms with Crippen LogP contribution in [0.2, 0.25) is 5.02 Å². The molecule has 0 saturated carbocycles. The van der Waals surface area contributed by atoms with E-state index in [2.05, 4.69) is 18.3 Å². The number of thiophene rings is 1. The fourth-order valence-electron chi connectivity index (χ4n) is 2.87. The van der Waals surface area contributed by atoms with Crippen molar-refractivity contribution in [1.29, 1.82) is 5.26 Å². The predicted octanol–water partition coefficient (Wildman–Crippen LogP) is 4.96. The first-order chi connectivity index (χ1) is 11.0. The number of anilines is 1. The van der Waals surface area contributed by atoms with E-state index in [1.807, 2.05) is 13.0 Å². The van der Waals surface area contributed by atoms with Gasteiger partial charge in [-0.2, -0.15) is 5.26 Å². The number of amides is 1. The van der Waals surface area contributed by atoms with E-state index in [1.54, 1.807) is 12.1 Å². The zero-order chi connectivity index (χ0) is 16.6. The summed E-state index contributed by atoms with van der Waals surface area (Å²) in [5.41, 5.74) is 3.18. The highest BCUT2D eigenvalue weighted by Gasteiger charge is 2.24. The fraction of sp³-hybridized carbons (Fsp3) is 0.333. The van der Waals surface area contributed by atoms with Crippen molar-refractivity contribution in [2.24, 2.45) is 5.92 Å². The number of hydrogen-bond donors (Lipinski definition) is 1. The second-order valence-electron chi connectivity index (χ2n) is 6.09. The molecule has 1 atom stereocenters. The number of aryl methyl sites for hydroxylation is 1.